The van der Waals surface area contributed by atoms with Crippen molar-refractivity contribution < 1.29 is 9.53 Å². The van der Waals surface area contributed by atoms with Crippen molar-refractivity contribution in [1.82, 2.24) is 5.32 Å². The number of nitrogens with zero attached hydrogens (tertiary/aromatic N) is 2. The van der Waals surface area contributed by atoms with Gasteiger partial charge in [-0.1, -0.05) is 13.8 Å². The second-order valence-electron chi connectivity index (χ2n) is 8.62. The molecule has 1 spiro atoms. The summed E-state index contributed by atoms with van der Waals surface area (Å²) < 4.78 is 6.20. The summed E-state index contributed by atoms with van der Waals surface area (Å²) in [7, 11) is 0. The topological polar surface area (TPSA) is 63.0 Å². The van der Waals surface area contributed by atoms with E-state index in [1.165, 1.54) is 18.4 Å². The number of carbonyl (C=O) groups excluding carboxylic acids is 1. The van der Waals surface area contributed by atoms with Gasteiger partial charge in [-0.25, -0.2) is 0 Å². The number of ketones is 1. The lowest BCUT2D eigenvalue weighted by Crippen LogP contribution is -2.44. The zero-order valence-corrected chi connectivity index (χ0v) is 13.8. The molecule has 0 radical (unpaired) electrons. The number of hydrogen-bond donors (Lipinski definition) is 1. The molecule has 122 valence electrons. The number of Topliss-reactive ketones (excluding diaryl/α,β-unsaturated/α-hetero) is 1. The third kappa shape index (κ3) is 1.92. The van der Waals surface area contributed by atoms with Gasteiger partial charge in [0.05, 0.1) is 24.7 Å². The minimum absolute atomic E-state index is 0.00721. The standard InChI is InChI=1S/C18H23N3O2/c1-17(2)5-12-15(13(22)6-17)18(11-8-19-21-16(11)20-12)7-14(23-9-18)10-3-4-10/h10,14,20H,3-9H2,1-2H3/t14-,18-/m1/s1. The van der Waals surface area contributed by atoms with Gasteiger partial charge >= 0.3 is 0 Å². The molecule has 2 fully saturated rings. The van der Waals surface area contributed by atoms with Gasteiger partial charge in [-0.05, 0) is 37.0 Å². The van der Waals surface area contributed by atoms with Gasteiger partial charge in [-0.15, -0.1) is 5.11 Å². The summed E-state index contributed by atoms with van der Waals surface area (Å²) in [4.78, 5) is 13.0. The van der Waals surface area contributed by atoms with Crippen LogP contribution in [0.3, 0.4) is 0 Å². The normalized spacial score (nSPS) is 38.2. The Morgan fingerprint density at radius 2 is 2.09 bits per heavy atom. The molecule has 1 N–H and O–H groups in total. The summed E-state index contributed by atoms with van der Waals surface area (Å²) in [5.74, 6) is 1.87. The molecule has 23 heavy (non-hydrogen) atoms. The molecule has 0 amide bonds. The first-order chi connectivity index (χ1) is 11.0. The molecular weight excluding hydrogens is 290 g/mol. The minimum Gasteiger partial charge on any atom is -0.377 e. The summed E-state index contributed by atoms with van der Waals surface area (Å²) in [6.07, 6.45) is 5.31. The van der Waals surface area contributed by atoms with Crippen LogP contribution in [0, 0.1) is 16.7 Å². The van der Waals surface area contributed by atoms with Crippen LogP contribution in [-0.2, 0) is 9.53 Å². The van der Waals surface area contributed by atoms with Gasteiger partial charge in [0.15, 0.2) is 11.6 Å². The highest BCUT2D eigenvalue weighted by molar-refractivity contribution is 6.00. The van der Waals surface area contributed by atoms with E-state index in [2.05, 4.69) is 29.4 Å². The first-order valence-corrected chi connectivity index (χ1v) is 8.75. The van der Waals surface area contributed by atoms with E-state index in [1.807, 2.05) is 0 Å². The van der Waals surface area contributed by atoms with Crippen molar-refractivity contribution in [1.29, 1.82) is 0 Å². The molecule has 5 aliphatic rings. The van der Waals surface area contributed by atoms with Crippen LogP contribution in [0.15, 0.2) is 32.9 Å². The summed E-state index contributed by atoms with van der Waals surface area (Å²) in [5, 5.41) is 12.0. The predicted octanol–water partition coefficient (Wildman–Crippen LogP) is 3.10. The lowest BCUT2D eigenvalue weighted by Gasteiger charge is -2.43. The van der Waals surface area contributed by atoms with Crippen molar-refractivity contribution >= 4 is 5.78 Å². The third-order valence-electron chi connectivity index (χ3n) is 6.13. The fourth-order valence-corrected chi connectivity index (χ4v) is 4.93. The monoisotopic (exact) mass is 313 g/mol. The number of ether oxygens (including phenoxy) is 1. The molecule has 1 saturated heterocycles. The average molecular weight is 313 g/mol. The molecule has 5 heteroatoms. The molecule has 0 bridgehead atoms. The first-order valence-electron chi connectivity index (χ1n) is 8.75. The van der Waals surface area contributed by atoms with E-state index < -0.39 is 0 Å². The van der Waals surface area contributed by atoms with Crippen molar-refractivity contribution in [2.45, 2.75) is 52.1 Å². The highest BCUT2D eigenvalue weighted by atomic mass is 16.5. The van der Waals surface area contributed by atoms with Crippen LogP contribution in [0.1, 0.15) is 46.0 Å². The van der Waals surface area contributed by atoms with Gasteiger partial charge < -0.3 is 10.1 Å². The summed E-state index contributed by atoms with van der Waals surface area (Å²) in [6, 6.07) is 0. The number of carbonyl (C=O) groups is 1. The third-order valence-corrected chi connectivity index (χ3v) is 6.13. The van der Waals surface area contributed by atoms with Gasteiger partial charge in [0.1, 0.15) is 0 Å². The Balaban J connectivity index is 1.62. The minimum atomic E-state index is -0.264. The molecule has 0 aromatic carbocycles. The highest BCUT2D eigenvalue weighted by Crippen LogP contribution is 2.57. The molecule has 2 atom stereocenters. The Bertz CT molecular complexity index is 699. The van der Waals surface area contributed by atoms with Gasteiger partial charge in [0.2, 0.25) is 0 Å². The van der Waals surface area contributed by atoms with E-state index in [-0.39, 0.29) is 10.8 Å². The maximum absolute atomic E-state index is 13.0. The lowest BCUT2D eigenvalue weighted by molar-refractivity contribution is -0.119. The second kappa shape index (κ2) is 4.32. The van der Waals surface area contributed by atoms with E-state index in [9.17, 15) is 4.79 Å². The molecule has 5 rings (SSSR count). The molecule has 3 aliphatic heterocycles. The van der Waals surface area contributed by atoms with E-state index in [0.29, 0.717) is 37.4 Å². The number of nitrogens with one attached hydrogen (secondary N) is 1. The second-order valence-corrected chi connectivity index (χ2v) is 8.62. The SMILES string of the molecule is CC1(C)CC(=O)C2=C(C1)NC1=C(CN=N1)[C@@]21CO[C@@H](C2CC2)C1. The van der Waals surface area contributed by atoms with Crippen molar-refractivity contribution in [2.24, 2.45) is 27.0 Å². The maximum Gasteiger partial charge on any atom is 0.162 e. The molecule has 2 aliphatic carbocycles. The van der Waals surface area contributed by atoms with Crippen LogP contribution in [0.25, 0.3) is 0 Å². The van der Waals surface area contributed by atoms with Crippen molar-refractivity contribution in [3.63, 3.8) is 0 Å². The molecule has 1 saturated carbocycles. The van der Waals surface area contributed by atoms with E-state index in [1.54, 1.807) is 0 Å². The van der Waals surface area contributed by atoms with E-state index >= 15 is 0 Å². The zero-order chi connectivity index (χ0) is 15.8. The zero-order valence-electron chi connectivity index (χ0n) is 13.8. The highest BCUT2D eigenvalue weighted by Gasteiger charge is 2.56. The fraction of sp³-hybridized carbons (Fsp3) is 0.722. The van der Waals surface area contributed by atoms with Crippen molar-refractivity contribution in [3.8, 4) is 0 Å². The number of dihydropyridines is 1. The number of hydrogen-bond acceptors (Lipinski definition) is 5. The Morgan fingerprint density at radius 1 is 1.26 bits per heavy atom. The fourth-order valence-electron chi connectivity index (χ4n) is 4.93. The number of azo groups is 1. The maximum atomic E-state index is 13.0. The summed E-state index contributed by atoms with van der Waals surface area (Å²) in [6.45, 7) is 5.57. The Kier molecular flexibility index (Phi) is 2.61. The Hall–Kier alpha value is -1.49. The molecule has 3 heterocycles. The Labute approximate surface area is 136 Å². The molecular formula is C18H23N3O2. The van der Waals surface area contributed by atoms with Gasteiger partial charge in [0, 0.05) is 23.3 Å². The lowest BCUT2D eigenvalue weighted by atomic mass is 9.62. The number of fused-ring (bicyclic) bond motifs is 2. The number of rotatable bonds is 1. The van der Waals surface area contributed by atoms with Crippen LogP contribution in [0.5, 0.6) is 0 Å². The van der Waals surface area contributed by atoms with Crippen molar-refractivity contribution in [3.05, 3.63) is 22.7 Å². The van der Waals surface area contributed by atoms with Crippen LogP contribution in [0.2, 0.25) is 0 Å². The van der Waals surface area contributed by atoms with Gasteiger partial charge in [-0.2, -0.15) is 5.11 Å². The summed E-state index contributed by atoms with van der Waals surface area (Å²) in [5.41, 5.74) is 3.00. The van der Waals surface area contributed by atoms with E-state index in [4.69, 9.17) is 4.74 Å². The van der Waals surface area contributed by atoms with Crippen LogP contribution in [-0.4, -0.2) is 25.0 Å². The van der Waals surface area contributed by atoms with Crippen molar-refractivity contribution in [2.75, 3.05) is 13.2 Å². The van der Waals surface area contributed by atoms with Crippen LogP contribution >= 0.6 is 0 Å². The van der Waals surface area contributed by atoms with Crippen LogP contribution in [0.4, 0.5) is 0 Å². The largest absolute Gasteiger partial charge is 0.377 e. The predicted molar refractivity (Wildman–Crippen MR) is 84.4 cm³/mol. The molecule has 0 unspecified atom stereocenters. The average Bonchev–Trinajstić information content (AvgIpc) is 3.04. The summed E-state index contributed by atoms with van der Waals surface area (Å²) >= 11 is 0. The van der Waals surface area contributed by atoms with E-state index in [0.717, 1.165) is 29.9 Å². The molecule has 5 nitrogen and oxygen atoms in total. The first kappa shape index (κ1) is 13.9. The molecule has 0 aromatic rings. The Morgan fingerprint density at radius 3 is 2.87 bits per heavy atom. The van der Waals surface area contributed by atoms with Gasteiger partial charge in [0.25, 0.3) is 0 Å². The van der Waals surface area contributed by atoms with Gasteiger partial charge in [-0.3, -0.25) is 4.79 Å². The quantitative estimate of drug-likeness (QED) is 0.809. The van der Waals surface area contributed by atoms with Crippen LogP contribution < -0.4 is 5.32 Å². The number of allylic oxidation sites excluding steroid dienone is 1. The smallest absolute Gasteiger partial charge is 0.162 e. The molecule has 0 aromatic heterocycles.